The average molecular weight is 460 g/mol. The van der Waals surface area contributed by atoms with Gasteiger partial charge in [-0.1, -0.05) is 30.2 Å². The van der Waals surface area contributed by atoms with Crippen LogP contribution in [0.2, 0.25) is 0 Å². The Morgan fingerprint density at radius 1 is 1.27 bits per heavy atom. The van der Waals surface area contributed by atoms with Gasteiger partial charge in [0.15, 0.2) is 0 Å². The Bertz CT molecular complexity index is 840. The number of rotatable bonds is 8. The molecule has 0 aromatic carbocycles. The van der Waals surface area contributed by atoms with Crippen LogP contribution in [-0.4, -0.2) is 48.3 Å². The van der Waals surface area contributed by atoms with Crippen molar-refractivity contribution in [2.45, 2.75) is 91.3 Å². The van der Waals surface area contributed by atoms with Gasteiger partial charge >= 0.3 is 11.9 Å². The molecule has 1 saturated heterocycles. The maximum Gasteiger partial charge on any atom is 0.331 e. The van der Waals surface area contributed by atoms with Crippen molar-refractivity contribution < 1.29 is 28.6 Å². The van der Waals surface area contributed by atoms with E-state index in [2.05, 4.69) is 18.3 Å². The molecule has 33 heavy (non-hydrogen) atoms. The maximum atomic E-state index is 12.2. The van der Waals surface area contributed by atoms with E-state index in [4.69, 9.17) is 14.2 Å². The van der Waals surface area contributed by atoms with E-state index in [1.807, 2.05) is 32.9 Å². The molecule has 1 N–H and O–H groups in total. The van der Waals surface area contributed by atoms with Gasteiger partial charge in [0.25, 0.3) is 0 Å². The molecule has 7 heteroatoms. The van der Waals surface area contributed by atoms with Crippen LogP contribution in [0.5, 0.6) is 0 Å². The third-order valence-corrected chi connectivity index (χ3v) is 5.82. The Kier molecular flexibility index (Phi) is 10.1. The fourth-order valence-corrected chi connectivity index (χ4v) is 4.01. The fraction of sp³-hybridized carbons (Fsp3) is 0.577. The number of allylic oxidation sites excluding steroid dienone is 2. The summed E-state index contributed by atoms with van der Waals surface area (Å²) in [5.41, 5.74) is 2.11. The topological polar surface area (TPSA) is 90.9 Å². The van der Waals surface area contributed by atoms with Gasteiger partial charge in [0.2, 0.25) is 5.91 Å². The molecule has 1 fully saturated rings. The van der Waals surface area contributed by atoms with Gasteiger partial charge in [0, 0.05) is 25.5 Å². The fourth-order valence-electron chi connectivity index (χ4n) is 4.01. The molecule has 2 heterocycles. The summed E-state index contributed by atoms with van der Waals surface area (Å²) in [7, 11) is 0. The first-order valence-electron chi connectivity index (χ1n) is 11.6. The minimum atomic E-state index is -0.452. The largest absolute Gasteiger partial charge is 0.459 e. The Labute approximate surface area is 196 Å². The number of carbonyl (C=O) groups excluding carboxylic acids is 3. The predicted octanol–water partition coefficient (Wildman–Crippen LogP) is 3.95. The molecular formula is C26H37NO6. The molecule has 0 spiro atoms. The van der Waals surface area contributed by atoms with Crippen molar-refractivity contribution >= 4 is 17.8 Å². The highest BCUT2D eigenvalue weighted by Crippen LogP contribution is 2.28. The van der Waals surface area contributed by atoms with Gasteiger partial charge < -0.3 is 19.5 Å². The summed E-state index contributed by atoms with van der Waals surface area (Å²) in [6.07, 6.45) is 12.1. The van der Waals surface area contributed by atoms with Crippen molar-refractivity contribution in [1.29, 1.82) is 0 Å². The molecule has 2 rings (SSSR count). The van der Waals surface area contributed by atoms with E-state index in [0.29, 0.717) is 0 Å². The summed E-state index contributed by atoms with van der Waals surface area (Å²) < 4.78 is 16.5. The van der Waals surface area contributed by atoms with Crippen molar-refractivity contribution in [2.24, 2.45) is 5.92 Å². The van der Waals surface area contributed by atoms with Gasteiger partial charge in [-0.15, -0.1) is 0 Å². The van der Waals surface area contributed by atoms with Crippen molar-refractivity contribution in [1.82, 2.24) is 5.32 Å². The van der Waals surface area contributed by atoms with Crippen LogP contribution in [0.15, 0.2) is 47.6 Å². The Morgan fingerprint density at radius 3 is 2.67 bits per heavy atom. The second-order valence-electron chi connectivity index (χ2n) is 9.09. The summed E-state index contributed by atoms with van der Waals surface area (Å²) in [5, 5.41) is 2.99. The van der Waals surface area contributed by atoms with Gasteiger partial charge in [0.1, 0.15) is 12.2 Å². The third-order valence-electron chi connectivity index (χ3n) is 5.82. The highest BCUT2D eigenvalue weighted by atomic mass is 16.5. The van der Waals surface area contributed by atoms with Gasteiger partial charge in [0.05, 0.1) is 18.2 Å². The molecule has 1 amide bonds. The molecule has 0 saturated carbocycles. The van der Waals surface area contributed by atoms with Crippen LogP contribution in [0.25, 0.3) is 0 Å². The highest BCUT2D eigenvalue weighted by Gasteiger charge is 2.33. The van der Waals surface area contributed by atoms with E-state index in [-0.39, 0.29) is 48.1 Å². The molecule has 6 atom stereocenters. The zero-order valence-electron chi connectivity index (χ0n) is 20.5. The lowest BCUT2D eigenvalue weighted by Gasteiger charge is -2.39. The highest BCUT2D eigenvalue weighted by molar-refractivity contribution is 5.87. The lowest BCUT2D eigenvalue weighted by atomic mass is 9.88. The van der Waals surface area contributed by atoms with Gasteiger partial charge in [-0.05, 0) is 58.6 Å². The lowest BCUT2D eigenvalue weighted by Crippen LogP contribution is -2.50. The van der Waals surface area contributed by atoms with Crippen molar-refractivity contribution in [2.75, 3.05) is 0 Å². The summed E-state index contributed by atoms with van der Waals surface area (Å²) >= 11 is 0. The van der Waals surface area contributed by atoms with E-state index in [1.165, 1.54) is 19.1 Å². The van der Waals surface area contributed by atoms with E-state index < -0.39 is 6.10 Å². The first kappa shape index (κ1) is 26.6. The van der Waals surface area contributed by atoms with Crippen LogP contribution in [-0.2, 0) is 28.6 Å². The SMILES string of the molecule is CC(=O)O[C@@H](C)/C=C\C(=O)N[C@@H]1C[C@H](C)[C@H](C/C=C(C)/C=C/C2CC(C)=CC(=O)O2)O[C@@H]1C. The standard InChI is InChI=1S/C26H37NO6/c1-16(7-10-22-13-17(2)14-26(30)33-22)8-11-24-18(3)15-23(20(5)32-24)27-25(29)12-9-19(4)31-21(6)28/h7-10,12,14,18-20,22-24H,11,13,15H2,1-6H3,(H,27,29)/b10-7+,12-9-,16-8+/t18-,19-,20+,22?,23+,24-/m0/s1. The first-order chi connectivity index (χ1) is 15.5. The monoisotopic (exact) mass is 459 g/mol. The summed E-state index contributed by atoms with van der Waals surface area (Å²) in [6, 6.07) is -0.0836. The summed E-state index contributed by atoms with van der Waals surface area (Å²) in [4.78, 5) is 34.7. The number of nitrogens with one attached hydrogen (secondary N) is 1. The number of hydrogen-bond acceptors (Lipinski definition) is 6. The lowest BCUT2D eigenvalue weighted by molar-refractivity contribution is -0.144. The molecule has 0 aromatic rings. The van der Waals surface area contributed by atoms with E-state index in [9.17, 15) is 14.4 Å². The second kappa shape index (κ2) is 12.5. The van der Waals surface area contributed by atoms with Crippen LogP contribution in [0.1, 0.15) is 60.8 Å². The molecule has 0 bridgehead atoms. The smallest absolute Gasteiger partial charge is 0.331 e. The molecule has 7 nitrogen and oxygen atoms in total. The summed E-state index contributed by atoms with van der Waals surface area (Å²) in [6.45, 7) is 11.1. The molecule has 2 aliphatic heterocycles. The Hall–Kier alpha value is -2.67. The predicted molar refractivity (Wildman–Crippen MR) is 126 cm³/mol. The molecule has 2 aliphatic rings. The van der Waals surface area contributed by atoms with Crippen LogP contribution in [0, 0.1) is 5.92 Å². The normalized spacial score (nSPS) is 29.5. The van der Waals surface area contributed by atoms with Crippen molar-refractivity contribution in [3.8, 4) is 0 Å². The van der Waals surface area contributed by atoms with Crippen LogP contribution >= 0.6 is 0 Å². The maximum absolute atomic E-state index is 12.2. The first-order valence-corrected chi connectivity index (χ1v) is 11.6. The van der Waals surface area contributed by atoms with Gasteiger partial charge in [-0.25, -0.2) is 4.79 Å². The molecule has 0 aliphatic carbocycles. The molecular weight excluding hydrogens is 422 g/mol. The van der Waals surface area contributed by atoms with Crippen LogP contribution < -0.4 is 5.32 Å². The number of esters is 2. The Balaban J connectivity index is 1.83. The number of amides is 1. The van der Waals surface area contributed by atoms with Crippen molar-refractivity contribution in [3.05, 3.63) is 47.6 Å². The average Bonchev–Trinajstić information content (AvgIpc) is 2.71. The van der Waals surface area contributed by atoms with Crippen LogP contribution in [0.3, 0.4) is 0 Å². The van der Waals surface area contributed by atoms with E-state index in [0.717, 1.165) is 30.4 Å². The van der Waals surface area contributed by atoms with E-state index in [1.54, 1.807) is 13.0 Å². The number of carbonyl (C=O) groups is 3. The minimum absolute atomic E-state index is 0.0636. The van der Waals surface area contributed by atoms with Gasteiger partial charge in [-0.3, -0.25) is 9.59 Å². The Morgan fingerprint density at radius 2 is 2.00 bits per heavy atom. The summed E-state index contributed by atoms with van der Waals surface area (Å²) in [5.74, 6) is -0.624. The minimum Gasteiger partial charge on any atom is -0.459 e. The molecule has 0 aromatic heterocycles. The molecule has 182 valence electrons. The van der Waals surface area contributed by atoms with E-state index >= 15 is 0 Å². The second-order valence-corrected chi connectivity index (χ2v) is 9.09. The number of hydrogen-bond donors (Lipinski definition) is 1. The number of cyclic esters (lactones) is 1. The number of ether oxygens (including phenoxy) is 3. The quantitative estimate of drug-likeness (QED) is 0.336. The third kappa shape index (κ3) is 9.38. The zero-order valence-corrected chi connectivity index (χ0v) is 20.5. The zero-order chi connectivity index (χ0) is 24.5. The van der Waals surface area contributed by atoms with Crippen LogP contribution in [0.4, 0.5) is 0 Å². The molecule has 1 unspecified atom stereocenters. The molecule has 0 radical (unpaired) electrons. The van der Waals surface area contributed by atoms with Crippen molar-refractivity contribution in [3.63, 3.8) is 0 Å². The van der Waals surface area contributed by atoms with Gasteiger partial charge in [-0.2, -0.15) is 0 Å².